The third-order valence-electron chi connectivity index (χ3n) is 2.46. The molecule has 0 saturated carbocycles. The van der Waals surface area contributed by atoms with Crippen molar-refractivity contribution in [3.8, 4) is 0 Å². The Morgan fingerprint density at radius 2 is 2.00 bits per heavy atom. The quantitative estimate of drug-likeness (QED) is 0.784. The van der Waals surface area contributed by atoms with Crippen LogP contribution in [0.1, 0.15) is 13.8 Å². The molecular weight excluding hydrogens is 256 g/mol. The zero-order chi connectivity index (χ0) is 10.8. The van der Waals surface area contributed by atoms with Gasteiger partial charge in [-0.2, -0.15) is 0 Å². The smallest absolute Gasteiger partial charge is 0.128 e. The number of hydrogen-bond acceptors (Lipinski definition) is 3. The zero-order valence-corrected chi connectivity index (χ0v) is 10.6. The summed E-state index contributed by atoms with van der Waals surface area (Å²) in [6.07, 6.45) is 2.39. The van der Waals surface area contributed by atoms with Crippen molar-refractivity contribution < 1.29 is 4.74 Å². The van der Waals surface area contributed by atoms with Gasteiger partial charge in [0.1, 0.15) is 5.82 Å². The van der Waals surface area contributed by atoms with Gasteiger partial charge >= 0.3 is 0 Å². The molecule has 1 fully saturated rings. The van der Waals surface area contributed by atoms with Gasteiger partial charge in [-0.05, 0) is 41.9 Å². The molecule has 0 unspecified atom stereocenters. The molecule has 2 heterocycles. The highest BCUT2D eigenvalue weighted by Gasteiger charge is 2.22. The van der Waals surface area contributed by atoms with Crippen LogP contribution in [0.2, 0.25) is 0 Å². The van der Waals surface area contributed by atoms with E-state index in [2.05, 4.69) is 39.7 Å². The fraction of sp³-hybridized carbons (Fsp3) is 0.545. The van der Waals surface area contributed by atoms with Crippen LogP contribution in [0.4, 0.5) is 5.82 Å². The lowest BCUT2D eigenvalue weighted by Crippen LogP contribution is -2.45. The Morgan fingerprint density at radius 1 is 1.33 bits per heavy atom. The number of rotatable bonds is 1. The summed E-state index contributed by atoms with van der Waals surface area (Å²) in [6.45, 7) is 6.03. The lowest BCUT2D eigenvalue weighted by atomic mass is 10.2. The van der Waals surface area contributed by atoms with Crippen molar-refractivity contribution in [2.75, 3.05) is 18.0 Å². The predicted octanol–water partition coefficient (Wildman–Crippen LogP) is 2.46. The van der Waals surface area contributed by atoms with E-state index in [4.69, 9.17) is 4.74 Å². The molecule has 1 aromatic heterocycles. The molecule has 1 aliphatic heterocycles. The predicted molar refractivity (Wildman–Crippen MR) is 64.2 cm³/mol. The van der Waals surface area contributed by atoms with E-state index in [9.17, 15) is 0 Å². The second kappa shape index (κ2) is 4.49. The van der Waals surface area contributed by atoms with Crippen molar-refractivity contribution in [1.82, 2.24) is 4.98 Å². The van der Waals surface area contributed by atoms with Crippen LogP contribution in [0.25, 0.3) is 0 Å². The van der Waals surface area contributed by atoms with Gasteiger partial charge in [0.15, 0.2) is 0 Å². The van der Waals surface area contributed by atoms with Crippen molar-refractivity contribution in [3.63, 3.8) is 0 Å². The standard InChI is InChI=1S/C11H15BrN2O/c1-8-6-14(7-9(2)15-8)11-4-3-10(12)5-13-11/h3-5,8-9H,6-7H2,1-2H3/t8-,9-/m1/s1. The van der Waals surface area contributed by atoms with Gasteiger partial charge in [-0.25, -0.2) is 4.98 Å². The summed E-state index contributed by atoms with van der Waals surface area (Å²) in [4.78, 5) is 6.66. The van der Waals surface area contributed by atoms with Crippen molar-refractivity contribution in [3.05, 3.63) is 22.8 Å². The van der Waals surface area contributed by atoms with E-state index in [-0.39, 0.29) is 12.2 Å². The molecule has 0 N–H and O–H groups in total. The number of hydrogen-bond donors (Lipinski definition) is 0. The maximum atomic E-state index is 5.68. The summed E-state index contributed by atoms with van der Waals surface area (Å²) in [5.74, 6) is 1.03. The third-order valence-corrected chi connectivity index (χ3v) is 2.92. The molecule has 1 aromatic rings. The van der Waals surface area contributed by atoms with Gasteiger partial charge in [-0.1, -0.05) is 0 Å². The maximum Gasteiger partial charge on any atom is 0.128 e. The minimum atomic E-state index is 0.277. The van der Waals surface area contributed by atoms with Gasteiger partial charge in [0.25, 0.3) is 0 Å². The highest BCUT2D eigenvalue weighted by molar-refractivity contribution is 9.10. The minimum absolute atomic E-state index is 0.277. The molecule has 0 aromatic carbocycles. The van der Waals surface area contributed by atoms with Crippen molar-refractivity contribution in [2.24, 2.45) is 0 Å². The number of pyridine rings is 1. The normalized spacial score (nSPS) is 26.7. The van der Waals surface area contributed by atoms with E-state index in [1.165, 1.54) is 0 Å². The van der Waals surface area contributed by atoms with Gasteiger partial charge in [0.2, 0.25) is 0 Å². The highest BCUT2D eigenvalue weighted by atomic mass is 79.9. The lowest BCUT2D eigenvalue weighted by Gasteiger charge is -2.36. The van der Waals surface area contributed by atoms with Crippen LogP contribution >= 0.6 is 15.9 Å². The van der Waals surface area contributed by atoms with Crippen molar-refractivity contribution >= 4 is 21.7 Å². The summed E-state index contributed by atoms with van der Waals surface area (Å²) in [5.41, 5.74) is 0. The molecule has 82 valence electrons. The van der Waals surface area contributed by atoms with Gasteiger partial charge in [0, 0.05) is 23.8 Å². The number of ether oxygens (including phenoxy) is 1. The van der Waals surface area contributed by atoms with E-state index in [1.54, 1.807) is 0 Å². The van der Waals surface area contributed by atoms with E-state index in [0.717, 1.165) is 23.4 Å². The first kappa shape index (κ1) is 10.9. The van der Waals surface area contributed by atoms with Crippen molar-refractivity contribution in [1.29, 1.82) is 0 Å². The minimum Gasteiger partial charge on any atom is -0.372 e. The summed E-state index contributed by atoms with van der Waals surface area (Å²) in [6, 6.07) is 4.06. The molecule has 2 rings (SSSR count). The molecular formula is C11H15BrN2O. The number of halogens is 1. The molecule has 2 atom stereocenters. The van der Waals surface area contributed by atoms with E-state index >= 15 is 0 Å². The van der Waals surface area contributed by atoms with E-state index in [1.807, 2.05) is 18.3 Å². The van der Waals surface area contributed by atoms with Crippen molar-refractivity contribution in [2.45, 2.75) is 26.1 Å². The summed E-state index contributed by atoms with van der Waals surface area (Å²) in [5, 5.41) is 0. The third kappa shape index (κ3) is 2.69. The number of morpholine rings is 1. The largest absolute Gasteiger partial charge is 0.372 e. The van der Waals surface area contributed by atoms with Gasteiger partial charge in [-0.3, -0.25) is 0 Å². The summed E-state index contributed by atoms with van der Waals surface area (Å²) in [7, 11) is 0. The Labute approximate surface area is 98.6 Å². The van der Waals surface area contributed by atoms with Crippen LogP contribution in [-0.4, -0.2) is 30.3 Å². The van der Waals surface area contributed by atoms with Crippen LogP contribution < -0.4 is 4.90 Å². The summed E-state index contributed by atoms with van der Waals surface area (Å²) < 4.78 is 6.70. The van der Waals surface area contributed by atoms with Gasteiger partial charge < -0.3 is 9.64 Å². The average molecular weight is 271 g/mol. The first-order chi connectivity index (χ1) is 7.15. The van der Waals surface area contributed by atoms with Crippen LogP contribution in [-0.2, 0) is 4.74 Å². The molecule has 1 aliphatic rings. The molecule has 3 nitrogen and oxygen atoms in total. The topological polar surface area (TPSA) is 25.4 Å². The van der Waals surface area contributed by atoms with Crippen LogP contribution in [0.3, 0.4) is 0 Å². The van der Waals surface area contributed by atoms with Crippen LogP contribution in [0.5, 0.6) is 0 Å². The molecule has 4 heteroatoms. The lowest BCUT2D eigenvalue weighted by molar-refractivity contribution is -0.00545. The molecule has 0 aliphatic carbocycles. The molecule has 0 amide bonds. The fourth-order valence-electron chi connectivity index (χ4n) is 1.92. The van der Waals surface area contributed by atoms with Crippen LogP contribution in [0, 0.1) is 0 Å². The first-order valence-electron chi connectivity index (χ1n) is 5.17. The number of anilines is 1. The van der Waals surface area contributed by atoms with E-state index in [0.29, 0.717) is 0 Å². The Morgan fingerprint density at radius 3 is 2.53 bits per heavy atom. The zero-order valence-electron chi connectivity index (χ0n) is 8.98. The Balaban J connectivity index is 2.12. The first-order valence-corrected chi connectivity index (χ1v) is 5.96. The number of aromatic nitrogens is 1. The molecule has 0 radical (unpaired) electrons. The van der Waals surface area contributed by atoms with Gasteiger partial charge in [-0.15, -0.1) is 0 Å². The monoisotopic (exact) mass is 270 g/mol. The second-order valence-electron chi connectivity index (χ2n) is 4.00. The number of nitrogens with zero attached hydrogens (tertiary/aromatic N) is 2. The van der Waals surface area contributed by atoms with E-state index < -0.39 is 0 Å². The molecule has 1 saturated heterocycles. The van der Waals surface area contributed by atoms with Gasteiger partial charge in [0.05, 0.1) is 12.2 Å². The maximum absolute atomic E-state index is 5.68. The Kier molecular flexibility index (Phi) is 3.26. The second-order valence-corrected chi connectivity index (χ2v) is 4.91. The Hall–Kier alpha value is -0.610. The average Bonchev–Trinajstić information content (AvgIpc) is 2.17. The SMILES string of the molecule is C[C@@H]1CN(c2ccc(Br)cn2)C[C@@H](C)O1. The Bertz CT molecular complexity index is 318. The molecule has 0 spiro atoms. The summed E-state index contributed by atoms with van der Waals surface area (Å²) >= 11 is 3.39. The molecule has 15 heavy (non-hydrogen) atoms. The fourth-order valence-corrected chi connectivity index (χ4v) is 2.15. The van der Waals surface area contributed by atoms with Crippen LogP contribution in [0.15, 0.2) is 22.8 Å². The molecule has 0 bridgehead atoms. The highest BCUT2D eigenvalue weighted by Crippen LogP contribution is 2.19.